The van der Waals surface area contributed by atoms with Crippen LogP contribution >= 0.6 is 11.6 Å². The van der Waals surface area contributed by atoms with Crippen LogP contribution < -0.4 is 11.2 Å². The molecule has 0 aliphatic rings. The van der Waals surface area contributed by atoms with E-state index in [1.807, 2.05) is 0 Å². The number of aromatic nitrogens is 3. The van der Waals surface area contributed by atoms with Crippen molar-refractivity contribution in [3.63, 3.8) is 0 Å². The predicted octanol–water partition coefficient (Wildman–Crippen LogP) is 0.900. The molecular weight excluding hydrogens is 317 g/mol. The molecule has 22 heavy (non-hydrogen) atoms. The number of benzene rings is 1. The zero-order valence-electron chi connectivity index (χ0n) is 11.7. The predicted molar refractivity (Wildman–Crippen MR) is 76.0 cm³/mol. The van der Waals surface area contributed by atoms with Gasteiger partial charge in [-0.1, -0.05) is 11.6 Å². The van der Waals surface area contributed by atoms with Crippen molar-refractivity contribution in [1.82, 2.24) is 14.3 Å². The molecule has 0 saturated carbocycles. The lowest BCUT2D eigenvalue weighted by Crippen LogP contribution is -2.43. The molecular formula is C13H11ClFN3O4. The summed E-state index contributed by atoms with van der Waals surface area (Å²) in [6, 6.07) is 3.31. The summed E-state index contributed by atoms with van der Waals surface area (Å²) in [5, 5.41) is 3.34. The maximum absolute atomic E-state index is 13.2. The van der Waals surface area contributed by atoms with E-state index in [4.69, 9.17) is 16.3 Å². The molecule has 1 heterocycles. The van der Waals surface area contributed by atoms with Crippen molar-refractivity contribution < 1.29 is 13.9 Å². The van der Waals surface area contributed by atoms with Gasteiger partial charge in [0.2, 0.25) is 5.69 Å². The van der Waals surface area contributed by atoms with Gasteiger partial charge in [-0.15, -0.1) is 0 Å². The molecule has 0 atom stereocenters. The van der Waals surface area contributed by atoms with Crippen molar-refractivity contribution in [3.05, 3.63) is 55.6 Å². The molecule has 0 amide bonds. The molecule has 0 spiro atoms. The van der Waals surface area contributed by atoms with Crippen molar-refractivity contribution >= 4 is 17.6 Å². The second kappa shape index (κ2) is 6.10. The first kappa shape index (κ1) is 15.9. The Hall–Kier alpha value is -2.48. The fourth-order valence-electron chi connectivity index (χ4n) is 1.75. The first-order chi connectivity index (χ1) is 10.4. The highest BCUT2D eigenvalue weighted by molar-refractivity contribution is 6.30. The van der Waals surface area contributed by atoms with Gasteiger partial charge in [-0.05, 0) is 25.1 Å². The number of carbonyl (C=O) groups excluding carboxylic acids is 1. The molecule has 0 N–H and O–H groups in total. The third-order valence-corrected chi connectivity index (χ3v) is 3.04. The summed E-state index contributed by atoms with van der Waals surface area (Å²) in [6.45, 7) is 1.61. The number of nitrogens with zero attached hydrogens (tertiary/aromatic N) is 3. The summed E-state index contributed by atoms with van der Waals surface area (Å²) in [5.74, 6) is -1.65. The van der Waals surface area contributed by atoms with Crippen LogP contribution in [0.15, 0.2) is 27.8 Å². The van der Waals surface area contributed by atoms with E-state index in [1.165, 1.54) is 13.1 Å². The average Bonchev–Trinajstić information content (AvgIpc) is 2.47. The van der Waals surface area contributed by atoms with Gasteiger partial charge < -0.3 is 4.74 Å². The molecule has 0 aliphatic heterocycles. The van der Waals surface area contributed by atoms with E-state index in [0.29, 0.717) is 4.57 Å². The maximum atomic E-state index is 13.2. The number of halogens is 2. The van der Waals surface area contributed by atoms with E-state index in [9.17, 15) is 18.8 Å². The van der Waals surface area contributed by atoms with Crippen molar-refractivity contribution in [2.24, 2.45) is 7.05 Å². The lowest BCUT2D eigenvalue weighted by Gasteiger charge is -2.09. The second-order valence-electron chi connectivity index (χ2n) is 4.21. The third-order valence-electron chi connectivity index (χ3n) is 2.75. The number of hydrogen-bond acceptors (Lipinski definition) is 5. The van der Waals surface area contributed by atoms with E-state index in [1.54, 1.807) is 6.92 Å². The topological polar surface area (TPSA) is 83.2 Å². The van der Waals surface area contributed by atoms with Crippen LogP contribution in [0.5, 0.6) is 0 Å². The quantitative estimate of drug-likeness (QED) is 0.782. The van der Waals surface area contributed by atoms with Crippen molar-refractivity contribution in [2.75, 3.05) is 6.61 Å². The molecule has 0 unspecified atom stereocenters. The maximum Gasteiger partial charge on any atom is 0.364 e. The molecule has 2 rings (SSSR count). The minimum absolute atomic E-state index is 0.0185. The van der Waals surface area contributed by atoms with Gasteiger partial charge >= 0.3 is 11.7 Å². The Bertz CT molecular complexity index is 859. The summed E-state index contributed by atoms with van der Waals surface area (Å²) < 4.78 is 19.4. The average molecular weight is 328 g/mol. The standard InChI is InChI=1S/C13H11ClFN3O4/c1-3-22-12(20)10-11(19)18(13(21)17(2)16-10)7-4-5-9(15)8(14)6-7/h4-6H,3H2,1-2H3. The van der Waals surface area contributed by atoms with E-state index >= 15 is 0 Å². The van der Waals surface area contributed by atoms with Gasteiger partial charge in [-0.25, -0.2) is 23.2 Å². The van der Waals surface area contributed by atoms with Gasteiger partial charge in [0.25, 0.3) is 5.56 Å². The van der Waals surface area contributed by atoms with Gasteiger partial charge in [0.05, 0.1) is 17.3 Å². The summed E-state index contributed by atoms with van der Waals surface area (Å²) >= 11 is 5.65. The van der Waals surface area contributed by atoms with Crippen LogP contribution in [0.25, 0.3) is 5.69 Å². The van der Waals surface area contributed by atoms with Crippen molar-refractivity contribution in [2.45, 2.75) is 6.92 Å². The number of aryl methyl sites for hydroxylation is 1. The minimum atomic E-state index is -0.968. The van der Waals surface area contributed by atoms with Crippen LogP contribution in [0.1, 0.15) is 17.4 Å². The molecule has 0 bridgehead atoms. The summed E-state index contributed by atoms with van der Waals surface area (Å²) in [5.41, 5.74) is -2.31. The largest absolute Gasteiger partial charge is 0.461 e. The molecule has 9 heteroatoms. The lowest BCUT2D eigenvalue weighted by atomic mass is 10.3. The van der Waals surface area contributed by atoms with Crippen LogP contribution in [0.3, 0.4) is 0 Å². The van der Waals surface area contributed by atoms with Crippen LogP contribution in [0, 0.1) is 5.82 Å². The monoisotopic (exact) mass is 327 g/mol. The Morgan fingerprint density at radius 3 is 2.68 bits per heavy atom. The Labute approximate surface area is 128 Å². The first-order valence-corrected chi connectivity index (χ1v) is 6.57. The second-order valence-corrected chi connectivity index (χ2v) is 4.62. The lowest BCUT2D eigenvalue weighted by molar-refractivity contribution is 0.0513. The van der Waals surface area contributed by atoms with E-state index < -0.39 is 28.7 Å². The highest BCUT2D eigenvalue weighted by Gasteiger charge is 2.20. The van der Waals surface area contributed by atoms with Crippen LogP contribution in [0.2, 0.25) is 5.02 Å². The number of carbonyl (C=O) groups is 1. The highest BCUT2D eigenvalue weighted by atomic mass is 35.5. The number of hydrogen-bond donors (Lipinski definition) is 0. The molecule has 1 aromatic heterocycles. The molecule has 0 fully saturated rings. The Morgan fingerprint density at radius 2 is 2.09 bits per heavy atom. The SMILES string of the molecule is CCOC(=O)c1nn(C)c(=O)n(-c2ccc(F)c(Cl)c2)c1=O. The minimum Gasteiger partial charge on any atom is -0.461 e. The van der Waals surface area contributed by atoms with Crippen molar-refractivity contribution in [1.29, 1.82) is 0 Å². The number of ether oxygens (including phenoxy) is 1. The Morgan fingerprint density at radius 1 is 1.41 bits per heavy atom. The van der Waals surface area contributed by atoms with Gasteiger partial charge in [0.1, 0.15) is 5.82 Å². The smallest absolute Gasteiger partial charge is 0.364 e. The molecule has 0 radical (unpaired) electrons. The normalized spacial score (nSPS) is 10.5. The fourth-order valence-corrected chi connectivity index (χ4v) is 1.93. The highest BCUT2D eigenvalue weighted by Crippen LogP contribution is 2.17. The van der Waals surface area contributed by atoms with E-state index in [0.717, 1.165) is 16.8 Å². The van der Waals surface area contributed by atoms with Crippen LogP contribution in [-0.4, -0.2) is 26.9 Å². The van der Waals surface area contributed by atoms with Crippen molar-refractivity contribution in [3.8, 4) is 5.69 Å². The summed E-state index contributed by atoms with van der Waals surface area (Å²) in [4.78, 5) is 36.1. The van der Waals surface area contributed by atoms with Gasteiger partial charge in [0, 0.05) is 7.05 Å². The first-order valence-electron chi connectivity index (χ1n) is 6.19. The molecule has 116 valence electrons. The molecule has 1 aromatic carbocycles. The summed E-state index contributed by atoms with van der Waals surface area (Å²) in [7, 11) is 1.27. The molecule has 7 nitrogen and oxygen atoms in total. The zero-order valence-corrected chi connectivity index (χ0v) is 12.4. The third kappa shape index (κ3) is 2.77. The molecule has 0 aliphatic carbocycles. The summed E-state index contributed by atoms with van der Waals surface area (Å²) in [6.07, 6.45) is 0. The van der Waals surface area contributed by atoms with Gasteiger partial charge in [0.15, 0.2) is 0 Å². The fraction of sp³-hybridized carbons (Fsp3) is 0.231. The zero-order chi connectivity index (χ0) is 16.4. The van der Waals surface area contributed by atoms with E-state index in [2.05, 4.69) is 5.10 Å². The molecule has 2 aromatic rings. The number of esters is 1. The van der Waals surface area contributed by atoms with Gasteiger partial charge in [-0.2, -0.15) is 5.10 Å². The van der Waals surface area contributed by atoms with Crippen LogP contribution in [-0.2, 0) is 11.8 Å². The Kier molecular flexibility index (Phi) is 4.41. The van der Waals surface area contributed by atoms with Crippen LogP contribution in [0.4, 0.5) is 4.39 Å². The molecule has 0 saturated heterocycles. The Balaban J connectivity index is 2.75. The van der Waals surface area contributed by atoms with E-state index in [-0.39, 0.29) is 17.3 Å². The number of rotatable bonds is 3. The van der Waals surface area contributed by atoms with Gasteiger partial charge in [-0.3, -0.25) is 4.79 Å².